The topological polar surface area (TPSA) is 26.0 Å². The molecule has 2 aromatic rings. The summed E-state index contributed by atoms with van der Waals surface area (Å²) in [5.74, 6) is 0.506. The summed E-state index contributed by atoms with van der Waals surface area (Å²) in [6.45, 7) is 0.746. The molecule has 4 rings (SSSR count). The Morgan fingerprint density at radius 1 is 0.950 bits per heavy atom. The van der Waals surface area contributed by atoms with E-state index in [0.29, 0.717) is 5.92 Å². The number of aryl methyl sites for hydroxylation is 1. The summed E-state index contributed by atoms with van der Waals surface area (Å²) in [4.78, 5) is 0. The molecule has 0 fully saturated rings. The van der Waals surface area contributed by atoms with Crippen molar-refractivity contribution in [3.05, 3.63) is 64.7 Å². The molecule has 0 amide bonds. The van der Waals surface area contributed by atoms with E-state index in [-0.39, 0.29) is 0 Å². The first kappa shape index (κ1) is 11.9. The fraction of sp³-hybridized carbons (Fsp3) is 0.263. The van der Waals surface area contributed by atoms with Crippen LogP contribution in [-0.2, 0) is 19.3 Å². The SMILES string of the molecule is NCC1C=Cc2ccc3c(c2C1)CCc1ccccc1-3. The van der Waals surface area contributed by atoms with E-state index in [9.17, 15) is 0 Å². The normalized spacial score (nSPS) is 19.1. The van der Waals surface area contributed by atoms with Crippen LogP contribution in [0.4, 0.5) is 0 Å². The van der Waals surface area contributed by atoms with E-state index < -0.39 is 0 Å². The maximum atomic E-state index is 5.86. The van der Waals surface area contributed by atoms with Gasteiger partial charge in [0.1, 0.15) is 0 Å². The van der Waals surface area contributed by atoms with Crippen LogP contribution in [0, 0.1) is 5.92 Å². The van der Waals surface area contributed by atoms with Crippen molar-refractivity contribution in [3.8, 4) is 11.1 Å². The maximum Gasteiger partial charge on any atom is -0.00109 e. The molecule has 0 aliphatic heterocycles. The largest absolute Gasteiger partial charge is 0.330 e. The van der Waals surface area contributed by atoms with E-state index in [1.165, 1.54) is 34.2 Å². The van der Waals surface area contributed by atoms with Gasteiger partial charge in [0.2, 0.25) is 0 Å². The van der Waals surface area contributed by atoms with Crippen molar-refractivity contribution in [3.63, 3.8) is 0 Å². The van der Waals surface area contributed by atoms with E-state index in [4.69, 9.17) is 5.73 Å². The molecule has 0 aromatic heterocycles. The molecule has 2 N–H and O–H groups in total. The van der Waals surface area contributed by atoms with Gasteiger partial charge in [0.25, 0.3) is 0 Å². The fourth-order valence-electron chi connectivity index (χ4n) is 3.64. The molecule has 0 saturated heterocycles. The lowest BCUT2D eigenvalue weighted by molar-refractivity contribution is 0.649. The summed E-state index contributed by atoms with van der Waals surface area (Å²) in [7, 11) is 0. The summed E-state index contributed by atoms with van der Waals surface area (Å²) in [5, 5.41) is 0. The maximum absolute atomic E-state index is 5.86. The average Bonchev–Trinajstić information content (AvgIpc) is 2.53. The third kappa shape index (κ3) is 1.74. The van der Waals surface area contributed by atoms with Gasteiger partial charge in [-0.05, 0) is 65.1 Å². The Morgan fingerprint density at radius 2 is 1.85 bits per heavy atom. The quantitative estimate of drug-likeness (QED) is 0.834. The molecule has 2 aromatic carbocycles. The van der Waals surface area contributed by atoms with Crippen molar-refractivity contribution >= 4 is 6.08 Å². The number of hydrogen-bond donors (Lipinski definition) is 1. The van der Waals surface area contributed by atoms with Crippen molar-refractivity contribution in [2.75, 3.05) is 6.54 Å². The zero-order chi connectivity index (χ0) is 13.5. The molecule has 0 saturated carbocycles. The molecular formula is C19H19N. The Balaban J connectivity index is 1.90. The Labute approximate surface area is 120 Å². The lowest BCUT2D eigenvalue weighted by atomic mass is 9.78. The van der Waals surface area contributed by atoms with Crippen LogP contribution in [-0.4, -0.2) is 6.54 Å². The highest BCUT2D eigenvalue weighted by Gasteiger charge is 2.22. The average molecular weight is 261 g/mol. The van der Waals surface area contributed by atoms with Crippen molar-refractivity contribution in [2.24, 2.45) is 11.7 Å². The number of benzene rings is 2. The molecule has 1 atom stereocenters. The van der Waals surface area contributed by atoms with Gasteiger partial charge in [0.05, 0.1) is 0 Å². The van der Waals surface area contributed by atoms with Gasteiger partial charge in [0.15, 0.2) is 0 Å². The smallest absolute Gasteiger partial charge is 0.00109 e. The lowest BCUT2D eigenvalue weighted by Crippen LogP contribution is -2.19. The molecule has 1 nitrogen and oxygen atoms in total. The van der Waals surface area contributed by atoms with Gasteiger partial charge in [-0.1, -0.05) is 48.6 Å². The number of rotatable bonds is 1. The molecule has 0 spiro atoms. The highest BCUT2D eigenvalue weighted by molar-refractivity contribution is 5.77. The molecule has 100 valence electrons. The first-order valence-corrected chi connectivity index (χ1v) is 7.48. The monoisotopic (exact) mass is 261 g/mol. The zero-order valence-electron chi connectivity index (χ0n) is 11.6. The van der Waals surface area contributed by atoms with E-state index in [2.05, 4.69) is 48.6 Å². The Bertz CT molecular complexity index is 697. The predicted molar refractivity (Wildman–Crippen MR) is 84.6 cm³/mol. The van der Waals surface area contributed by atoms with Crippen LogP contribution in [0.2, 0.25) is 0 Å². The summed E-state index contributed by atoms with van der Waals surface area (Å²) in [6, 6.07) is 13.4. The van der Waals surface area contributed by atoms with Gasteiger partial charge in [0, 0.05) is 0 Å². The Morgan fingerprint density at radius 3 is 2.75 bits per heavy atom. The van der Waals surface area contributed by atoms with Crippen LogP contribution in [0.5, 0.6) is 0 Å². The van der Waals surface area contributed by atoms with Gasteiger partial charge in [-0.2, -0.15) is 0 Å². The van der Waals surface area contributed by atoms with Gasteiger partial charge in [-0.3, -0.25) is 0 Å². The third-order valence-electron chi connectivity index (χ3n) is 4.74. The summed E-state index contributed by atoms with van der Waals surface area (Å²) < 4.78 is 0. The summed E-state index contributed by atoms with van der Waals surface area (Å²) >= 11 is 0. The van der Waals surface area contributed by atoms with E-state index >= 15 is 0 Å². The number of hydrogen-bond acceptors (Lipinski definition) is 1. The summed E-state index contributed by atoms with van der Waals surface area (Å²) in [6.07, 6.45) is 7.97. The highest BCUT2D eigenvalue weighted by atomic mass is 14.5. The highest BCUT2D eigenvalue weighted by Crippen LogP contribution is 2.38. The number of fused-ring (bicyclic) bond motifs is 5. The lowest BCUT2D eigenvalue weighted by Gasteiger charge is -2.27. The summed E-state index contributed by atoms with van der Waals surface area (Å²) in [5.41, 5.74) is 14.7. The zero-order valence-corrected chi connectivity index (χ0v) is 11.6. The molecule has 20 heavy (non-hydrogen) atoms. The second kappa shape index (κ2) is 4.60. The minimum Gasteiger partial charge on any atom is -0.330 e. The minimum absolute atomic E-state index is 0.506. The Kier molecular flexibility index (Phi) is 2.75. The molecule has 0 heterocycles. The molecule has 1 heteroatoms. The van der Waals surface area contributed by atoms with E-state index in [0.717, 1.165) is 19.4 Å². The van der Waals surface area contributed by atoms with Crippen molar-refractivity contribution in [1.82, 2.24) is 0 Å². The van der Waals surface area contributed by atoms with Crippen molar-refractivity contribution < 1.29 is 0 Å². The van der Waals surface area contributed by atoms with Crippen LogP contribution in [0.1, 0.15) is 22.3 Å². The van der Waals surface area contributed by atoms with E-state index in [1.807, 2.05) is 0 Å². The first-order chi connectivity index (χ1) is 9.86. The van der Waals surface area contributed by atoms with Crippen LogP contribution >= 0.6 is 0 Å². The molecule has 2 aliphatic carbocycles. The second-order valence-electron chi connectivity index (χ2n) is 5.88. The van der Waals surface area contributed by atoms with Crippen LogP contribution in [0.25, 0.3) is 17.2 Å². The minimum atomic E-state index is 0.506. The van der Waals surface area contributed by atoms with Gasteiger partial charge in [-0.25, -0.2) is 0 Å². The number of nitrogens with two attached hydrogens (primary N) is 1. The van der Waals surface area contributed by atoms with Gasteiger partial charge in [-0.15, -0.1) is 0 Å². The standard InChI is InChI=1S/C19H19N/c20-12-13-5-6-15-8-9-17-16-4-2-1-3-14(16)7-10-18(17)19(15)11-13/h1-6,8-9,13H,7,10-12,20H2. The molecular weight excluding hydrogens is 242 g/mol. The first-order valence-electron chi connectivity index (χ1n) is 7.48. The fourth-order valence-corrected chi connectivity index (χ4v) is 3.64. The van der Waals surface area contributed by atoms with Crippen LogP contribution in [0.15, 0.2) is 42.5 Å². The van der Waals surface area contributed by atoms with Gasteiger partial charge >= 0.3 is 0 Å². The van der Waals surface area contributed by atoms with Gasteiger partial charge < -0.3 is 5.73 Å². The second-order valence-corrected chi connectivity index (χ2v) is 5.88. The van der Waals surface area contributed by atoms with Crippen molar-refractivity contribution in [2.45, 2.75) is 19.3 Å². The van der Waals surface area contributed by atoms with Crippen LogP contribution < -0.4 is 5.73 Å². The van der Waals surface area contributed by atoms with Crippen molar-refractivity contribution in [1.29, 1.82) is 0 Å². The van der Waals surface area contributed by atoms with Crippen LogP contribution in [0.3, 0.4) is 0 Å². The molecule has 2 aliphatic rings. The molecule has 0 bridgehead atoms. The van der Waals surface area contributed by atoms with E-state index in [1.54, 1.807) is 5.56 Å². The Hall–Kier alpha value is -1.86. The third-order valence-corrected chi connectivity index (χ3v) is 4.74. The molecule has 0 radical (unpaired) electrons. The molecule has 1 unspecified atom stereocenters. The predicted octanol–water partition coefficient (Wildman–Crippen LogP) is 3.60.